The van der Waals surface area contributed by atoms with Crippen LogP contribution in [0.2, 0.25) is 0 Å². The molecule has 1 aromatic rings. The van der Waals surface area contributed by atoms with Crippen LogP contribution < -0.4 is 5.32 Å². The topological polar surface area (TPSA) is 29.1 Å². The zero-order valence-corrected chi connectivity index (χ0v) is 11.4. The van der Waals surface area contributed by atoms with Crippen molar-refractivity contribution >= 4 is 5.91 Å². The van der Waals surface area contributed by atoms with Crippen LogP contribution in [0.4, 0.5) is 4.39 Å². The maximum absolute atomic E-state index is 12.7. The molecule has 1 unspecified atom stereocenters. The van der Waals surface area contributed by atoms with E-state index >= 15 is 0 Å². The monoisotopic (exact) mass is 251 g/mol. The third-order valence-electron chi connectivity index (χ3n) is 2.86. The molecule has 1 atom stereocenters. The molecule has 0 saturated carbocycles. The van der Waals surface area contributed by atoms with Crippen LogP contribution in [-0.4, -0.2) is 11.9 Å². The summed E-state index contributed by atoms with van der Waals surface area (Å²) < 4.78 is 12.7. The zero-order chi connectivity index (χ0) is 13.5. The number of carbonyl (C=O) groups is 1. The van der Waals surface area contributed by atoms with Gasteiger partial charge >= 0.3 is 0 Å². The maximum Gasteiger partial charge on any atom is 0.224 e. The van der Waals surface area contributed by atoms with Gasteiger partial charge in [0.25, 0.3) is 0 Å². The van der Waals surface area contributed by atoms with Crippen molar-refractivity contribution in [2.45, 2.75) is 46.1 Å². The number of amides is 1. The minimum atomic E-state index is -0.274. The minimum absolute atomic E-state index is 0.00198. The third kappa shape index (κ3) is 5.80. The number of nitrogens with one attached hydrogen (secondary N) is 1. The molecule has 0 fully saturated rings. The number of halogens is 1. The fraction of sp³-hybridized carbons (Fsp3) is 0.533. The van der Waals surface area contributed by atoms with Crippen molar-refractivity contribution in [2.24, 2.45) is 5.92 Å². The first kappa shape index (κ1) is 14.7. The Balaban J connectivity index is 2.34. The van der Waals surface area contributed by atoms with E-state index < -0.39 is 0 Å². The molecule has 0 aliphatic carbocycles. The summed E-state index contributed by atoms with van der Waals surface area (Å²) in [6.45, 7) is 6.37. The fourth-order valence-electron chi connectivity index (χ4n) is 1.77. The van der Waals surface area contributed by atoms with E-state index in [2.05, 4.69) is 19.2 Å². The Bertz CT molecular complexity index is 373. The molecule has 100 valence electrons. The van der Waals surface area contributed by atoms with E-state index in [0.717, 1.165) is 18.4 Å². The smallest absolute Gasteiger partial charge is 0.224 e. The average molecular weight is 251 g/mol. The van der Waals surface area contributed by atoms with Gasteiger partial charge in [0.1, 0.15) is 5.82 Å². The molecule has 18 heavy (non-hydrogen) atoms. The number of carbonyl (C=O) groups excluding carboxylic acids is 1. The lowest BCUT2D eigenvalue weighted by atomic mass is 10.0. The Morgan fingerprint density at radius 3 is 2.33 bits per heavy atom. The summed E-state index contributed by atoms with van der Waals surface area (Å²) >= 11 is 0. The van der Waals surface area contributed by atoms with Gasteiger partial charge in [-0.2, -0.15) is 0 Å². The summed E-state index contributed by atoms with van der Waals surface area (Å²) in [5.41, 5.74) is 0.838. The van der Waals surface area contributed by atoms with Gasteiger partial charge in [0.05, 0.1) is 6.42 Å². The van der Waals surface area contributed by atoms with Crippen molar-refractivity contribution in [2.75, 3.05) is 0 Å². The molecule has 0 bridgehead atoms. The predicted molar refractivity (Wildman–Crippen MR) is 71.8 cm³/mol. The van der Waals surface area contributed by atoms with E-state index in [-0.39, 0.29) is 17.8 Å². The first-order valence-electron chi connectivity index (χ1n) is 6.51. The van der Waals surface area contributed by atoms with Gasteiger partial charge in [-0.3, -0.25) is 4.79 Å². The highest BCUT2D eigenvalue weighted by molar-refractivity contribution is 5.78. The SMILES string of the molecule is CC(C)CCC(C)NC(=O)Cc1ccc(F)cc1. The van der Waals surface area contributed by atoms with Crippen LogP contribution >= 0.6 is 0 Å². The number of hydrogen-bond acceptors (Lipinski definition) is 1. The largest absolute Gasteiger partial charge is 0.353 e. The summed E-state index contributed by atoms with van der Waals surface area (Å²) in [4.78, 5) is 11.7. The molecule has 0 aliphatic heterocycles. The Morgan fingerprint density at radius 1 is 1.17 bits per heavy atom. The second kappa shape index (κ2) is 7.14. The van der Waals surface area contributed by atoms with Crippen molar-refractivity contribution in [3.63, 3.8) is 0 Å². The van der Waals surface area contributed by atoms with E-state index in [0.29, 0.717) is 12.3 Å². The van der Waals surface area contributed by atoms with Crippen LogP contribution in [0.1, 0.15) is 39.2 Å². The molecule has 0 heterocycles. The second-order valence-corrected chi connectivity index (χ2v) is 5.24. The summed E-state index contributed by atoms with van der Waals surface area (Å²) in [6, 6.07) is 6.25. The van der Waals surface area contributed by atoms with E-state index in [9.17, 15) is 9.18 Å². The third-order valence-corrected chi connectivity index (χ3v) is 2.86. The summed E-state index contributed by atoms with van der Waals surface area (Å²) in [5, 5.41) is 2.97. The first-order valence-corrected chi connectivity index (χ1v) is 6.51. The lowest BCUT2D eigenvalue weighted by molar-refractivity contribution is -0.121. The van der Waals surface area contributed by atoms with Crippen molar-refractivity contribution in [3.05, 3.63) is 35.6 Å². The molecule has 2 nitrogen and oxygen atoms in total. The summed E-state index contributed by atoms with van der Waals surface area (Å²) in [7, 11) is 0. The highest BCUT2D eigenvalue weighted by atomic mass is 19.1. The van der Waals surface area contributed by atoms with Gasteiger partial charge in [-0.1, -0.05) is 26.0 Å². The lowest BCUT2D eigenvalue weighted by Gasteiger charge is -2.15. The van der Waals surface area contributed by atoms with Gasteiger partial charge < -0.3 is 5.32 Å². The summed E-state index contributed by atoms with van der Waals surface area (Å²) in [5.74, 6) is 0.378. The molecular weight excluding hydrogens is 229 g/mol. The number of hydrogen-bond donors (Lipinski definition) is 1. The van der Waals surface area contributed by atoms with Crippen molar-refractivity contribution in [3.8, 4) is 0 Å². The van der Waals surface area contributed by atoms with Gasteiger partial charge in [-0.25, -0.2) is 4.39 Å². The highest BCUT2D eigenvalue weighted by Crippen LogP contribution is 2.07. The lowest BCUT2D eigenvalue weighted by Crippen LogP contribution is -2.33. The second-order valence-electron chi connectivity index (χ2n) is 5.24. The van der Waals surface area contributed by atoms with Gasteiger partial charge in [-0.05, 0) is 43.4 Å². The summed E-state index contributed by atoms with van der Waals surface area (Å²) in [6.07, 6.45) is 2.41. The molecule has 1 N–H and O–H groups in total. The van der Waals surface area contributed by atoms with Gasteiger partial charge in [0, 0.05) is 6.04 Å². The molecular formula is C15H22FNO. The van der Waals surface area contributed by atoms with E-state index in [1.807, 2.05) is 6.92 Å². The van der Waals surface area contributed by atoms with Crippen LogP contribution in [-0.2, 0) is 11.2 Å². The first-order chi connectivity index (χ1) is 8.47. The van der Waals surface area contributed by atoms with Crippen LogP contribution in [0.5, 0.6) is 0 Å². The molecule has 0 saturated heterocycles. The maximum atomic E-state index is 12.7. The van der Waals surface area contributed by atoms with Crippen LogP contribution in [0.25, 0.3) is 0 Å². The van der Waals surface area contributed by atoms with Crippen molar-refractivity contribution < 1.29 is 9.18 Å². The molecule has 0 spiro atoms. The normalized spacial score (nSPS) is 12.5. The van der Waals surface area contributed by atoms with E-state index in [4.69, 9.17) is 0 Å². The van der Waals surface area contributed by atoms with Crippen molar-refractivity contribution in [1.29, 1.82) is 0 Å². The number of rotatable bonds is 6. The minimum Gasteiger partial charge on any atom is -0.353 e. The van der Waals surface area contributed by atoms with Gasteiger partial charge in [0.15, 0.2) is 0 Å². The number of benzene rings is 1. The quantitative estimate of drug-likeness (QED) is 0.825. The van der Waals surface area contributed by atoms with Crippen molar-refractivity contribution in [1.82, 2.24) is 5.32 Å². The zero-order valence-electron chi connectivity index (χ0n) is 11.4. The van der Waals surface area contributed by atoms with Crippen LogP contribution in [0.3, 0.4) is 0 Å². The fourth-order valence-corrected chi connectivity index (χ4v) is 1.77. The van der Waals surface area contributed by atoms with Gasteiger partial charge in [-0.15, -0.1) is 0 Å². The average Bonchev–Trinajstić information content (AvgIpc) is 2.29. The molecule has 1 rings (SSSR count). The molecule has 0 aromatic heterocycles. The highest BCUT2D eigenvalue weighted by Gasteiger charge is 2.08. The molecule has 1 aromatic carbocycles. The Labute approximate surface area is 109 Å². The molecule has 3 heteroatoms. The Kier molecular flexibility index (Phi) is 5.83. The van der Waals surface area contributed by atoms with Gasteiger partial charge in [0.2, 0.25) is 5.91 Å². The Morgan fingerprint density at radius 2 is 1.78 bits per heavy atom. The standard InChI is InChI=1S/C15H22FNO/c1-11(2)4-5-12(3)17-15(18)10-13-6-8-14(16)9-7-13/h6-9,11-12H,4-5,10H2,1-3H3,(H,17,18). The molecule has 0 radical (unpaired) electrons. The predicted octanol–water partition coefficient (Wildman–Crippen LogP) is 3.31. The molecule has 1 amide bonds. The van der Waals surface area contributed by atoms with Crippen LogP contribution in [0, 0.1) is 11.7 Å². The van der Waals surface area contributed by atoms with E-state index in [1.165, 1.54) is 12.1 Å². The van der Waals surface area contributed by atoms with Crippen LogP contribution in [0.15, 0.2) is 24.3 Å². The Hall–Kier alpha value is -1.38. The molecule has 0 aliphatic rings. The van der Waals surface area contributed by atoms with E-state index in [1.54, 1.807) is 12.1 Å².